The lowest BCUT2D eigenvalue weighted by molar-refractivity contribution is 0.403. The molecule has 0 radical (unpaired) electrons. The van der Waals surface area contributed by atoms with E-state index in [-0.39, 0.29) is 6.04 Å². The highest BCUT2D eigenvalue weighted by Crippen LogP contribution is 2.28. The number of ether oxygens (including phenoxy) is 1. The van der Waals surface area contributed by atoms with Gasteiger partial charge in [0.15, 0.2) is 11.3 Å². The zero-order valence-corrected chi connectivity index (χ0v) is 14.1. The van der Waals surface area contributed by atoms with Crippen LogP contribution in [0.1, 0.15) is 43.2 Å². The van der Waals surface area contributed by atoms with Crippen LogP contribution in [0.4, 0.5) is 0 Å². The summed E-state index contributed by atoms with van der Waals surface area (Å²) in [4.78, 5) is 0. The van der Waals surface area contributed by atoms with E-state index < -0.39 is 0 Å². The first-order valence-corrected chi connectivity index (χ1v) is 8.47. The van der Waals surface area contributed by atoms with E-state index in [0.717, 1.165) is 47.1 Å². The van der Waals surface area contributed by atoms with Crippen LogP contribution < -0.4 is 10.1 Å². The second kappa shape index (κ2) is 6.28. The predicted octanol–water partition coefficient (Wildman–Crippen LogP) is 3.22. The fourth-order valence-corrected chi connectivity index (χ4v) is 3.33. The average Bonchev–Trinajstić information content (AvgIpc) is 3.23. The quantitative estimate of drug-likeness (QED) is 0.780. The number of furan rings is 1. The van der Waals surface area contributed by atoms with E-state index in [9.17, 15) is 0 Å². The van der Waals surface area contributed by atoms with E-state index >= 15 is 0 Å². The first kappa shape index (κ1) is 15.2. The molecule has 6 nitrogen and oxygen atoms in total. The topological polar surface area (TPSA) is 65.1 Å². The lowest BCUT2D eigenvalue weighted by Gasteiger charge is -2.18. The fraction of sp³-hybridized carbons (Fsp3) is 0.444. The van der Waals surface area contributed by atoms with Crippen LogP contribution >= 0.6 is 0 Å². The molecule has 0 amide bonds. The first-order chi connectivity index (χ1) is 11.8. The van der Waals surface area contributed by atoms with E-state index in [1.807, 2.05) is 18.2 Å². The fourth-order valence-electron chi connectivity index (χ4n) is 3.33. The molecule has 0 spiro atoms. The number of aryl methyl sites for hydroxylation is 1. The lowest BCUT2D eigenvalue weighted by Crippen LogP contribution is -2.23. The molecule has 6 heteroatoms. The number of methoxy groups -OCH3 is 1. The molecular weight excluding hydrogens is 304 g/mol. The van der Waals surface area contributed by atoms with Crippen molar-refractivity contribution in [2.24, 2.45) is 0 Å². The van der Waals surface area contributed by atoms with Crippen molar-refractivity contribution in [3.63, 3.8) is 0 Å². The van der Waals surface area contributed by atoms with Gasteiger partial charge in [-0.2, -0.15) is 0 Å². The summed E-state index contributed by atoms with van der Waals surface area (Å²) in [5.41, 5.74) is 0.796. The lowest BCUT2D eigenvalue weighted by atomic mass is 10.1. The number of hydrogen-bond donors (Lipinski definition) is 1. The predicted molar refractivity (Wildman–Crippen MR) is 91.0 cm³/mol. The van der Waals surface area contributed by atoms with Crippen molar-refractivity contribution < 1.29 is 9.15 Å². The van der Waals surface area contributed by atoms with Crippen molar-refractivity contribution in [3.8, 4) is 5.75 Å². The van der Waals surface area contributed by atoms with Gasteiger partial charge in [-0.15, -0.1) is 10.2 Å². The van der Waals surface area contributed by atoms with Gasteiger partial charge in [-0.05, 0) is 31.9 Å². The Morgan fingerprint density at radius 1 is 1.33 bits per heavy atom. The molecule has 24 heavy (non-hydrogen) atoms. The zero-order chi connectivity index (χ0) is 16.5. The van der Waals surface area contributed by atoms with Gasteiger partial charge in [0.25, 0.3) is 0 Å². The maximum absolute atomic E-state index is 5.94. The van der Waals surface area contributed by atoms with Gasteiger partial charge < -0.3 is 19.0 Å². The Morgan fingerprint density at radius 2 is 2.25 bits per heavy atom. The number of aromatic nitrogens is 3. The van der Waals surface area contributed by atoms with Gasteiger partial charge in [0.1, 0.15) is 17.4 Å². The molecule has 1 N–H and O–H groups in total. The van der Waals surface area contributed by atoms with E-state index in [1.54, 1.807) is 7.11 Å². The molecule has 3 aromatic rings. The second-order valence-electron chi connectivity index (χ2n) is 6.28. The summed E-state index contributed by atoms with van der Waals surface area (Å²) in [5.74, 6) is 3.77. The molecule has 4 rings (SSSR count). The highest BCUT2D eigenvalue weighted by molar-refractivity contribution is 5.83. The molecule has 3 heterocycles. The van der Waals surface area contributed by atoms with Crippen LogP contribution in [-0.2, 0) is 19.5 Å². The third-order valence-electron chi connectivity index (χ3n) is 4.64. The summed E-state index contributed by atoms with van der Waals surface area (Å²) >= 11 is 0. The highest BCUT2D eigenvalue weighted by Gasteiger charge is 2.20. The molecule has 0 aliphatic carbocycles. The normalized spacial score (nSPS) is 15.4. The highest BCUT2D eigenvalue weighted by atomic mass is 16.5. The molecule has 0 fully saturated rings. The molecule has 1 atom stereocenters. The summed E-state index contributed by atoms with van der Waals surface area (Å²) in [5, 5.41) is 13.2. The monoisotopic (exact) mass is 326 g/mol. The summed E-state index contributed by atoms with van der Waals surface area (Å²) in [6.45, 7) is 3.78. The van der Waals surface area contributed by atoms with E-state index in [4.69, 9.17) is 9.15 Å². The van der Waals surface area contributed by atoms with E-state index in [2.05, 4.69) is 33.1 Å². The van der Waals surface area contributed by atoms with E-state index in [1.165, 1.54) is 12.8 Å². The summed E-state index contributed by atoms with van der Waals surface area (Å²) in [7, 11) is 1.66. The zero-order valence-electron chi connectivity index (χ0n) is 14.1. The first-order valence-electron chi connectivity index (χ1n) is 8.47. The second-order valence-corrected chi connectivity index (χ2v) is 6.28. The van der Waals surface area contributed by atoms with Crippen LogP contribution in [0.25, 0.3) is 11.0 Å². The molecule has 1 aliphatic rings. The minimum absolute atomic E-state index is 0.124. The van der Waals surface area contributed by atoms with Gasteiger partial charge in [-0.3, -0.25) is 0 Å². The van der Waals surface area contributed by atoms with Crippen molar-refractivity contribution in [1.82, 2.24) is 20.1 Å². The van der Waals surface area contributed by atoms with Crippen molar-refractivity contribution in [3.05, 3.63) is 41.7 Å². The Bertz CT molecular complexity index is 852. The number of para-hydroxylation sites is 1. The molecular formula is C18H22N4O2. The number of benzene rings is 1. The van der Waals surface area contributed by atoms with Gasteiger partial charge in [0.2, 0.25) is 0 Å². The molecule has 0 bridgehead atoms. The average molecular weight is 326 g/mol. The van der Waals surface area contributed by atoms with E-state index in [0.29, 0.717) is 6.54 Å². The van der Waals surface area contributed by atoms with Crippen LogP contribution in [0.15, 0.2) is 28.7 Å². The van der Waals surface area contributed by atoms with Crippen molar-refractivity contribution >= 4 is 11.0 Å². The van der Waals surface area contributed by atoms with Crippen LogP contribution in [0, 0.1) is 0 Å². The molecule has 0 saturated heterocycles. The Balaban J connectivity index is 1.49. The number of rotatable bonds is 5. The Hall–Kier alpha value is -2.34. The van der Waals surface area contributed by atoms with Gasteiger partial charge in [-0.25, -0.2) is 0 Å². The molecule has 1 aliphatic heterocycles. The summed E-state index contributed by atoms with van der Waals surface area (Å²) in [6.07, 6.45) is 3.44. The number of nitrogens with zero attached hydrogens (tertiary/aromatic N) is 3. The Kier molecular flexibility index (Phi) is 3.98. The van der Waals surface area contributed by atoms with Crippen molar-refractivity contribution in [1.29, 1.82) is 0 Å². The standard InChI is InChI=1S/C18H22N4O2/c1-12(18-21-20-16-8-3-4-9-22(16)18)19-11-14-10-13-6-5-7-15(23-2)17(13)24-14/h5-7,10,12,19H,3-4,8-9,11H2,1-2H3/t12-/m0/s1. The smallest absolute Gasteiger partial charge is 0.176 e. The Morgan fingerprint density at radius 3 is 3.12 bits per heavy atom. The minimum Gasteiger partial charge on any atom is -0.493 e. The molecule has 0 saturated carbocycles. The van der Waals surface area contributed by atoms with Gasteiger partial charge in [-0.1, -0.05) is 12.1 Å². The number of fused-ring (bicyclic) bond motifs is 2. The summed E-state index contributed by atoms with van der Waals surface area (Å²) in [6, 6.07) is 8.09. The molecule has 1 aromatic carbocycles. The third-order valence-corrected chi connectivity index (χ3v) is 4.64. The maximum Gasteiger partial charge on any atom is 0.176 e. The van der Waals surface area contributed by atoms with Crippen LogP contribution in [0.3, 0.4) is 0 Å². The SMILES string of the molecule is COc1cccc2cc(CN[C@@H](C)c3nnc4n3CCCC4)oc12. The third kappa shape index (κ3) is 2.67. The van der Waals surface area contributed by atoms with Crippen LogP contribution in [-0.4, -0.2) is 21.9 Å². The Labute approximate surface area is 140 Å². The van der Waals surface area contributed by atoms with Crippen LogP contribution in [0.5, 0.6) is 5.75 Å². The largest absolute Gasteiger partial charge is 0.493 e. The van der Waals surface area contributed by atoms with Crippen LogP contribution in [0.2, 0.25) is 0 Å². The van der Waals surface area contributed by atoms with Crippen molar-refractivity contribution in [2.45, 2.75) is 45.3 Å². The van der Waals surface area contributed by atoms with Crippen molar-refractivity contribution in [2.75, 3.05) is 7.11 Å². The van der Waals surface area contributed by atoms with Gasteiger partial charge in [0.05, 0.1) is 19.7 Å². The van der Waals surface area contributed by atoms with Gasteiger partial charge >= 0.3 is 0 Å². The molecule has 126 valence electrons. The molecule has 0 unspecified atom stereocenters. The minimum atomic E-state index is 0.124. The number of hydrogen-bond acceptors (Lipinski definition) is 5. The molecule has 2 aromatic heterocycles. The summed E-state index contributed by atoms with van der Waals surface area (Å²) < 4.78 is 13.5. The van der Waals surface area contributed by atoms with Gasteiger partial charge in [0, 0.05) is 18.4 Å². The maximum atomic E-state index is 5.94. The number of nitrogens with one attached hydrogen (secondary N) is 1.